The van der Waals surface area contributed by atoms with Gasteiger partial charge in [-0.25, -0.2) is 9.18 Å². The maximum atomic E-state index is 13.6. The van der Waals surface area contributed by atoms with E-state index in [1.807, 2.05) is 0 Å². The second kappa shape index (κ2) is 9.34. The lowest BCUT2D eigenvalue weighted by Gasteiger charge is -2.18. The molecule has 1 unspecified atom stereocenters. The van der Waals surface area contributed by atoms with Crippen molar-refractivity contribution < 1.29 is 23.5 Å². The molecule has 0 fully saturated rings. The van der Waals surface area contributed by atoms with Gasteiger partial charge >= 0.3 is 5.97 Å². The summed E-state index contributed by atoms with van der Waals surface area (Å²) in [6.45, 7) is 0. The molecule has 29 heavy (non-hydrogen) atoms. The van der Waals surface area contributed by atoms with Crippen LogP contribution in [0.5, 0.6) is 5.75 Å². The zero-order valence-corrected chi connectivity index (χ0v) is 17.0. The first-order chi connectivity index (χ1) is 14.0. The predicted molar refractivity (Wildman–Crippen MR) is 110 cm³/mol. The molecule has 0 aromatic heterocycles. The number of hydrogen-bond donors (Lipinski definition) is 1. The Balaban J connectivity index is 1.85. The quantitative estimate of drug-likeness (QED) is 0.520. The van der Waals surface area contributed by atoms with E-state index in [4.69, 9.17) is 9.47 Å². The van der Waals surface area contributed by atoms with Crippen LogP contribution < -0.4 is 10.1 Å². The largest absolute Gasteiger partial charge is 0.497 e. The van der Waals surface area contributed by atoms with Crippen molar-refractivity contribution in [3.8, 4) is 5.75 Å². The summed E-state index contributed by atoms with van der Waals surface area (Å²) >= 11 is 3.20. The molecule has 0 heterocycles. The van der Waals surface area contributed by atoms with E-state index in [-0.39, 0.29) is 5.56 Å². The van der Waals surface area contributed by atoms with E-state index in [0.29, 0.717) is 21.5 Å². The number of nitrogens with one attached hydrogen (secondary N) is 1. The lowest BCUT2D eigenvalue weighted by Crippen LogP contribution is -2.26. The summed E-state index contributed by atoms with van der Waals surface area (Å²) in [6.07, 6.45) is -1.22. The van der Waals surface area contributed by atoms with Crippen molar-refractivity contribution >= 4 is 33.5 Å². The van der Waals surface area contributed by atoms with Crippen LogP contribution >= 0.6 is 15.9 Å². The van der Waals surface area contributed by atoms with Crippen LogP contribution in [0, 0.1) is 5.82 Å². The molecule has 0 saturated heterocycles. The van der Waals surface area contributed by atoms with E-state index in [0.717, 1.165) is 6.07 Å². The second-order valence-corrected chi connectivity index (χ2v) is 6.89. The molecular weight excluding hydrogens is 441 g/mol. The van der Waals surface area contributed by atoms with Gasteiger partial charge in [-0.15, -0.1) is 0 Å². The number of carbonyl (C=O) groups excluding carboxylic acids is 2. The molecule has 1 N–H and O–H groups in total. The topological polar surface area (TPSA) is 64.6 Å². The highest BCUT2D eigenvalue weighted by molar-refractivity contribution is 9.10. The number of amides is 1. The average Bonchev–Trinajstić information content (AvgIpc) is 2.74. The third-order valence-electron chi connectivity index (χ3n) is 4.07. The van der Waals surface area contributed by atoms with Crippen LogP contribution in [0.15, 0.2) is 77.3 Å². The Bertz CT molecular complexity index is 1010. The maximum absolute atomic E-state index is 13.6. The van der Waals surface area contributed by atoms with Crippen LogP contribution in [0.4, 0.5) is 10.1 Å². The number of benzene rings is 3. The number of esters is 1. The second-order valence-electron chi connectivity index (χ2n) is 6.04. The van der Waals surface area contributed by atoms with Crippen molar-refractivity contribution in [2.24, 2.45) is 0 Å². The van der Waals surface area contributed by atoms with Crippen LogP contribution in [0.3, 0.4) is 0 Å². The Morgan fingerprint density at radius 3 is 2.34 bits per heavy atom. The van der Waals surface area contributed by atoms with Crippen LogP contribution in [-0.2, 0) is 9.53 Å². The third kappa shape index (κ3) is 5.20. The third-order valence-corrected chi connectivity index (χ3v) is 4.76. The van der Waals surface area contributed by atoms with E-state index < -0.39 is 23.8 Å². The number of halogens is 2. The average molecular weight is 458 g/mol. The lowest BCUT2D eigenvalue weighted by molar-refractivity contribution is -0.125. The number of ether oxygens (including phenoxy) is 2. The molecule has 5 nitrogen and oxygen atoms in total. The number of hydrogen-bond acceptors (Lipinski definition) is 4. The molecule has 0 aliphatic rings. The lowest BCUT2D eigenvalue weighted by atomic mass is 10.1. The molecule has 0 saturated carbocycles. The monoisotopic (exact) mass is 457 g/mol. The van der Waals surface area contributed by atoms with Gasteiger partial charge in [-0.1, -0.05) is 30.3 Å². The Hall–Kier alpha value is -3.19. The van der Waals surface area contributed by atoms with Crippen LogP contribution in [0.25, 0.3) is 0 Å². The van der Waals surface area contributed by atoms with E-state index in [1.54, 1.807) is 61.7 Å². The summed E-state index contributed by atoms with van der Waals surface area (Å²) in [7, 11) is 1.54. The molecule has 3 rings (SSSR count). The van der Waals surface area contributed by atoms with Gasteiger partial charge in [0.2, 0.25) is 6.10 Å². The Kier molecular flexibility index (Phi) is 6.61. The molecule has 0 aliphatic heterocycles. The van der Waals surface area contributed by atoms with Gasteiger partial charge in [0.1, 0.15) is 11.6 Å². The molecule has 3 aromatic rings. The van der Waals surface area contributed by atoms with Crippen LogP contribution in [-0.4, -0.2) is 19.0 Å². The van der Waals surface area contributed by atoms with Crippen molar-refractivity contribution in [2.45, 2.75) is 6.10 Å². The van der Waals surface area contributed by atoms with Gasteiger partial charge < -0.3 is 14.8 Å². The minimum absolute atomic E-state index is 0.0109. The fourth-order valence-electron chi connectivity index (χ4n) is 2.61. The van der Waals surface area contributed by atoms with Crippen molar-refractivity contribution in [1.29, 1.82) is 0 Å². The summed E-state index contributed by atoms with van der Waals surface area (Å²) in [4.78, 5) is 25.5. The normalized spacial score (nSPS) is 11.4. The molecule has 0 aliphatic carbocycles. The Morgan fingerprint density at radius 2 is 1.69 bits per heavy atom. The van der Waals surface area contributed by atoms with E-state index in [1.165, 1.54) is 12.1 Å². The first-order valence-electron chi connectivity index (χ1n) is 8.64. The van der Waals surface area contributed by atoms with Crippen molar-refractivity contribution in [2.75, 3.05) is 12.4 Å². The van der Waals surface area contributed by atoms with Crippen molar-refractivity contribution in [3.05, 3.63) is 94.2 Å². The maximum Gasteiger partial charge on any atom is 0.340 e. The first kappa shape index (κ1) is 20.5. The van der Waals surface area contributed by atoms with E-state index >= 15 is 0 Å². The fourth-order valence-corrected chi connectivity index (χ4v) is 3.02. The number of carbonyl (C=O) groups is 2. The predicted octanol–water partition coefficient (Wildman–Crippen LogP) is 5.13. The summed E-state index contributed by atoms with van der Waals surface area (Å²) in [6, 6.07) is 19.0. The number of rotatable bonds is 6. The molecule has 1 atom stereocenters. The van der Waals surface area contributed by atoms with Crippen LogP contribution in [0.2, 0.25) is 0 Å². The fraction of sp³-hybridized carbons (Fsp3) is 0.0909. The first-order valence-corrected chi connectivity index (χ1v) is 9.43. The molecule has 0 bridgehead atoms. The molecule has 1 amide bonds. The van der Waals surface area contributed by atoms with Gasteiger partial charge in [0.15, 0.2) is 0 Å². The van der Waals surface area contributed by atoms with Gasteiger partial charge in [0.05, 0.1) is 12.7 Å². The minimum Gasteiger partial charge on any atom is -0.497 e. The summed E-state index contributed by atoms with van der Waals surface area (Å²) in [5, 5.41) is 2.72. The summed E-state index contributed by atoms with van der Waals surface area (Å²) in [5.41, 5.74) is 0.988. The van der Waals surface area contributed by atoms with E-state index in [9.17, 15) is 14.0 Å². The standard InChI is InChI=1S/C22H17BrFNO4/c1-28-17-10-8-16(9-11-17)25-21(26)20(14-5-3-2-4-6-14)29-22(27)18-13-15(24)7-12-19(18)23/h2-13,20H,1H3,(H,25,26). The Morgan fingerprint density at radius 1 is 1.00 bits per heavy atom. The molecule has 7 heteroatoms. The molecule has 3 aromatic carbocycles. The zero-order valence-electron chi connectivity index (χ0n) is 15.4. The Labute approximate surface area is 175 Å². The summed E-state index contributed by atoms with van der Waals surface area (Å²) in [5.74, 6) is -1.30. The highest BCUT2D eigenvalue weighted by Gasteiger charge is 2.27. The van der Waals surface area contributed by atoms with Crippen molar-refractivity contribution in [1.82, 2.24) is 0 Å². The minimum atomic E-state index is -1.22. The molecule has 148 valence electrons. The molecule has 0 radical (unpaired) electrons. The zero-order chi connectivity index (χ0) is 20.8. The highest BCUT2D eigenvalue weighted by Crippen LogP contribution is 2.25. The number of methoxy groups -OCH3 is 1. The van der Waals surface area contributed by atoms with Gasteiger partial charge in [-0.05, 0) is 58.4 Å². The van der Waals surface area contributed by atoms with Crippen molar-refractivity contribution in [3.63, 3.8) is 0 Å². The van der Waals surface area contributed by atoms with Gasteiger partial charge in [-0.3, -0.25) is 4.79 Å². The highest BCUT2D eigenvalue weighted by atomic mass is 79.9. The SMILES string of the molecule is COc1ccc(NC(=O)C(OC(=O)c2cc(F)ccc2Br)c2ccccc2)cc1. The molecular formula is C22H17BrFNO4. The van der Waals surface area contributed by atoms with Gasteiger partial charge in [0, 0.05) is 15.7 Å². The molecule has 0 spiro atoms. The summed E-state index contributed by atoms with van der Waals surface area (Å²) < 4.78 is 24.5. The number of anilines is 1. The van der Waals surface area contributed by atoms with Gasteiger partial charge in [0.25, 0.3) is 5.91 Å². The van der Waals surface area contributed by atoms with Crippen LogP contribution in [0.1, 0.15) is 22.0 Å². The van der Waals surface area contributed by atoms with E-state index in [2.05, 4.69) is 21.2 Å². The smallest absolute Gasteiger partial charge is 0.340 e. The van der Waals surface area contributed by atoms with Gasteiger partial charge in [-0.2, -0.15) is 0 Å².